The average molecular weight is 269 g/mol. The molecule has 0 saturated heterocycles. The standard InChI is InChI=1S/C17H16FNO/c1-12-10-16(20-19-12)17-14(8-5-9-15(17)18)11-13-6-3-2-4-7-13/h2-9,16H,10-11H2,1H3/t16-/m1/s1. The smallest absolute Gasteiger partial charge is 0.160 e. The summed E-state index contributed by atoms with van der Waals surface area (Å²) in [6.45, 7) is 1.90. The maximum atomic E-state index is 14.2. The van der Waals surface area contributed by atoms with Gasteiger partial charge in [-0.1, -0.05) is 47.6 Å². The van der Waals surface area contributed by atoms with Crippen molar-refractivity contribution >= 4 is 5.71 Å². The van der Waals surface area contributed by atoms with Gasteiger partial charge >= 0.3 is 0 Å². The predicted molar refractivity (Wildman–Crippen MR) is 77.2 cm³/mol. The summed E-state index contributed by atoms with van der Waals surface area (Å²) in [6.07, 6.45) is 1.06. The van der Waals surface area contributed by atoms with E-state index in [0.29, 0.717) is 18.4 Å². The number of hydrogen-bond acceptors (Lipinski definition) is 2. The number of rotatable bonds is 3. The molecule has 0 spiro atoms. The van der Waals surface area contributed by atoms with E-state index in [-0.39, 0.29) is 11.9 Å². The van der Waals surface area contributed by atoms with Crippen molar-refractivity contribution in [3.05, 3.63) is 71.0 Å². The van der Waals surface area contributed by atoms with Gasteiger partial charge in [-0.15, -0.1) is 0 Å². The number of oxime groups is 1. The van der Waals surface area contributed by atoms with Crippen molar-refractivity contribution < 1.29 is 9.23 Å². The summed E-state index contributed by atoms with van der Waals surface area (Å²) in [4.78, 5) is 5.36. The Kier molecular flexibility index (Phi) is 3.50. The fourth-order valence-corrected chi connectivity index (χ4v) is 2.56. The molecule has 2 aromatic carbocycles. The molecular formula is C17H16FNO. The van der Waals surface area contributed by atoms with Crippen LogP contribution in [0.4, 0.5) is 4.39 Å². The third-order valence-electron chi connectivity index (χ3n) is 3.52. The third-order valence-corrected chi connectivity index (χ3v) is 3.52. The molecule has 0 saturated carbocycles. The molecule has 0 aromatic heterocycles. The topological polar surface area (TPSA) is 21.6 Å². The maximum absolute atomic E-state index is 14.2. The average Bonchev–Trinajstić information content (AvgIpc) is 2.86. The van der Waals surface area contributed by atoms with E-state index in [1.807, 2.05) is 43.3 Å². The highest BCUT2D eigenvalue weighted by molar-refractivity contribution is 5.83. The molecule has 1 aliphatic heterocycles. The molecule has 0 unspecified atom stereocenters. The van der Waals surface area contributed by atoms with E-state index >= 15 is 0 Å². The lowest BCUT2D eigenvalue weighted by molar-refractivity contribution is 0.0823. The van der Waals surface area contributed by atoms with Crippen LogP contribution in [0.3, 0.4) is 0 Å². The van der Waals surface area contributed by atoms with E-state index in [2.05, 4.69) is 5.16 Å². The Bertz CT molecular complexity index is 637. The van der Waals surface area contributed by atoms with Crippen molar-refractivity contribution in [3.8, 4) is 0 Å². The summed E-state index contributed by atoms with van der Waals surface area (Å²) >= 11 is 0. The Balaban J connectivity index is 1.93. The molecule has 1 heterocycles. The second-order valence-corrected chi connectivity index (χ2v) is 5.10. The molecule has 0 amide bonds. The molecule has 3 rings (SSSR count). The zero-order valence-electron chi connectivity index (χ0n) is 11.3. The minimum absolute atomic E-state index is 0.215. The molecule has 2 aromatic rings. The first kappa shape index (κ1) is 12.9. The minimum atomic E-state index is -0.296. The molecule has 3 heteroatoms. The van der Waals surface area contributed by atoms with Crippen LogP contribution in [-0.4, -0.2) is 5.71 Å². The lowest BCUT2D eigenvalue weighted by Gasteiger charge is -2.15. The molecule has 102 valence electrons. The number of benzene rings is 2. The van der Waals surface area contributed by atoms with Gasteiger partial charge in [0.15, 0.2) is 6.10 Å². The third kappa shape index (κ3) is 2.57. The lowest BCUT2D eigenvalue weighted by atomic mass is 9.94. The van der Waals surface area contributed by atoms with Gasteiger partial charge in [0.05, 0.1) is 5.71 Å². The van der Waals surface area contributed by atoms with Crippen LogP contribution in [0.5, 0.6) is 0 Å². The first-order chi connectivity index (χ1) is 9.74. The monoisotopic (exact) mass is 269 g/mol. The highest BCUT2D eigenvalue weighted by Gasteiger charge is 2.26. The summed E-state index contributed by atoms with van der Waals surface area (Å²) in [5.74, 6) is -0.215. The van der Waals surface area contributed by atoms with Crippen molar-refractivity contribution in [2.45, 2.75) is 25.9 Å². The highest BCUT2D eigenvalue weighted by atomic mass is 19.1. The van der Waals surface area contributed by atoms with Crippen LogP contribution in [0.15, 0.2) is 53.7 Å². The normalized spacial score (nSPS) is 17.7. The lowest BCUT2D eigenvalue weighted by Crippen LogP contribution is -2.06. The van der Waals surface area contributed by atoms with Gasteiger partial charge < -0.3 is 4.84 Å². The van der Waals surface area contributed by atoms with Gasteiger partial charge in [0.25, 0.3) is 0 Å². The van der Waals surface area contributed by atoms with Crippen molar-refractivity contribution in [3.63, 3.8) is 0 Å². The SMILES string of the molecule is CC1=NO[C@@H](c2c(F)cccc2Cc2ccccc2)C1. The summed E-state index contributed by atoms with van der Waals surface area (Å²) < 4.78 is 14.2. The number of nitrogens with zero attached hydrogens (tertiary/aromatic N) is 1. The van der Waals surface area contributed by atoms with E-state index in [4.69, 9.17) is 4.84 Å². The van der Waals surface area contributed by atoms with Crippen molar-refractivity contribution in [1.82, 2.24) is 0 Å². The molecule has 1 aliphatic rings. The number of halogens is 1. The van der Waals surface area contributed by atoms with Gasteiger partial charge in [-0.25, -0.2) is 4.39 Å². The Morgan fingerprint density at radius 3 is 2.65 bits per heavy atom. The fourth-order valence-electron chi connectivity index (χ4n) is 2.56. The van der Waals surface area contributed by atoms with E-state index in [1.54, 1.807) is 6.07 Å². The molecule has 2 nitrogen and oxygen atoms in total. The molecule has 0 radical (unpaired) electrons. The predicted octanol–water partition coefficient (Wildman–Crippen LogP) is 4.25. The second-order valence-electron chi connectivity index (χ2n) is 5.10. The largest absolute Gasteiger partial charge is 0.387 e. The summed E-state index contributed by atoms with van der Waals surface area (Å²) in [6, 6.07) is 15.3. The van der Waals surface area contributed by atoms with Gasteiger partial charge in [-0.05, 0) is 30.5 Å². The first-order valence-electron chi connectivity index (χ1n) is 6.74. The van der Waals surface area contributed by atoms with E-state index < -0.39 is 0 Å². The molecule has 20 heavy (non-hydrogen) atoms. The fraction of sp³-hybridized carbons (Fsp3) is 0.235. The summed E-state index contributed by atoms with van der Waals surface area (Å²) in [5.41, 5.74) is 3.67. The van der Waals surface area contributed by atoms with Gasteiger partial charge in [0.2, 0.25) is 0 Å². The summed E-state index contributed by atoms with van der Waals surface area (Å²) in [5, 5.41) is 3.93. The van der Waals surface area contributed by atoms with Crippen LogP contribution < -0.4 is 0 Å². The maximum Gasteiger partial charge on any atom is 0.160 e. The molecular weight excluding hydrogens is 253 g/mol. The highest BCUT2D eigenvalue weighted by Crippen LogP contribution is 2.32. The first-order valence-corrected chi connectivity index (χ1v) is 6.74. The van der Waals surface area contributed by atoms with Gasteiger partial charge in [-0.3, -0.25) is 0 Å². The van der Waals surface area contributed by atoms with Crippen LogP contribution in [0, 0.1) is 5.82 Å². The Labute approximate surface area is 117 Å². The van der Waals surface area contributed by atoms with Gasteiger partial charge in [0.1, 0.15) is 5.82 Å². The molecule has 0 fully saturated rings. The van der Waals surface area contributed by atoms with E-state index in [9.17, 15) is 4.39 Å². The molecule has 0 bridgehead atoms. The van der Waals surface area contributed by atoms with Gasteiger partial charge in [-0.2, -0.15) is 0 Å². The molecule has 0 N–H and O–H groups in total. The second kappa shape index (κ2) is 5.45. The zero-order valence-corrected chi connectivity index (χ0v) is 11.3. The Morgan fingerprint density at radius 2 is 1.95 bits per heavy atom. The van der Waals surface area contributed by atoms with Crippen molar-refractivity contribution in [1.29, 1.82) is 0 Å². The van der Waals surface area contributed by atoms with Crippen LogP contribution in [0.25, 0.3) is 0 Å². The zero-order chi connectivity index (χ0) is 13.9. The van der Waals surface area contributed by atoms with E-state index in [1.165, 1.54) is 6.07 Å². The van der Waals surface area contributed by atoms with Crippen LogP contribution >= 0.6 is 0 Å². The van der Waals surface area contributed by atoms with Crippen LogP contribution in [0.2, 0.25) is 0 Å². The number of hydrogen-bond donors (Lipinski definition) is 0. The molecule has 1 atom stereocenters. The van der Waals surface area contributed by atoms with Crippen molar-refractivity contribution in [2.75, 3.05) is 0 Å². The molecule has 0 aliphatic carbocycles. The van der Waals surface area contributed by atoms with E-state index in [0.717, 1.165) is 16.8 Å². The van der Waals surface area contributed by atoms with Crippen LogP contribution in [-0.2, 0) is 11.3 Å². The minimum Gasteiger partial charge on any atom is -0.387 e. The van der Waals surface area contributed by atoms with Crippen molar-refractivity contribution in [2.24, 2.45) is 5.16 Å². The van der Waals surface area contributed by atoms with Gasteiger partial charge in [0, 0.05) is 12.0 Å². The Morgan fingerprint density at radius 1 is 1.15 bits per heavy atom. The quantitative estimate of drug-likeness (QED) is 0.816. The Hall–Kier alpha value is -2.16. The summed E-state index contributed by atoms with van der Waals surface area (Å²) in [7, 11) is 0. The van der Waals surface area contributed by atoms with Crippen LogP contribution in [0.1, 0.15) is 36.1 Å².